The number of hydrogen-bond acceptors (Lipinski definition) is 2. The Bertz CT molecular complexity index is 3450. The van der Waals surface area contributed by atoms with E-state index < -0.39 is 0 Å². The summed E-state index contributed by atoms with van der Waals surface area (Å²) < 4.78 is 6.97. The molecule has 3 aromatic heterocycles. The Kier molecular flexibility index (Phi) is 6.61. The van der Waals surface area contributed by atoms with Gasteiger partial charge in [0.1, 0.15) is 0 Å². The molecule has 254 valence electrons. The zero-order valence-electron chi connectivity index (χ0n) is 29.5. The lowest BCUT2D eigenvalue weighted by Crippen LogP contribution is -1.96. The van der Waals surface area contributed by atoms with E-state index in [1.54, 1.807) is 0 Å². The SMILES string of the molecule is N#Cc1ccc2c(c1)c1ccccc1n2-c1cccc(-c2cccc(-n3c4ccc(C#N)cc4c4cc5c(cc43)c3ccccc3n5-c3ccccc3)c2)c1. The van der Waals surface area contributed by atoms with Crippen LogP contribution in [-0.2, 0) is 0 Å². The van der Waals surface area contributed by atoms with Gasteiger partial charge in [-0.1, -0.05) is 78.9 Å². The van der Waals surface area contributed by atoms with Crippen LogP contribution in [0.4, 0.5) is 0 Å². The van der Waals surface area contributed by atoms with Gasteiger partial charge in [-0.2, -0.15) is 10.5 Å². The molecule has 11 rings (SSSR count). The van der Waals surface area contributed by atoms with Crippen LogP contribution >= 0.6 is 0 Å². The fourth-order valence-corrected chi connectivity index (χ4v) is 8.65. The molecule has 5 heteroatoms. The van der Waals surface area contributed by atoms with Crippen LogP contribution in [0.2, 0.25) is 0 Å². The quantitative estimate of drug-likeness (QED) is 0.184. The van der Waals surface area contributed by atoms with Crippen molar-refractivity contribution in [1.29, 1.82) is 10.5 Å². The minimum atomic E-state index is 0.634. The summed E-state index contributed by atoms with van der Waals surface area (Å²) in [6.07, 6.45) is 0. The Hall–Kier alpha value is -7.86. The standard InChI is InChI=1S/C50H29N5/c51-30-32-20-22-47-41(24-32)39-16-4-7-19-46(39)54(47)37-14-8-10-34(26-37)35-11-9-15-38(27-35)55-48-23-21-33(31-52)25-42(48)44-29-49-43(28-50(44)55)40-17-5-6-18-45(40)53(49)36-12-2-1-3-13-36/h1-29H. The van der Waals surface area contributed by atoms with Crippen molar-refractivity contribution in [2.24, 2.45) is 0 Å². The molecule has 0 N–H and O–H groups in total. The second kappa shape index (κ2) is 11.8. The lowest BCUT2D eigenvalue weighted by molar-refractivity contribution is 1.17. The smallest absolute Gasteiger partial charge is 0.0991 e. The van der Waals surface area contributed by atoms with Crippen molar-refractivity contribution in [3.05, 3.63) is 187 Å². The van der Waals surface area contributed by atoms with Crippen molar-refractivity contribution >= 4 is 65.4 Å². The van der Waals surface area contributed by atoms with Crippen LogP contribution in [0.25, 0.3) is 93.6 Å². The van der Waals surface area contributed by atoms with Gasteiger partial charge in [0.25, 0.3) is 0 Å². The average Bonchev–Trinajstić information content (AvgIpc) is 3.87. The van der Waals surface area contributed by atoms with E-state index in [1.165, 1.54) is 10.8 Å². The maximum absolute atomic E-state index is 9.97. The van der Waals surface area contributed by atoms with Crippen LogP contribution in [0, 0.1) is 22.7 Å². The monoisotopic (exact) mass is 699 g/mol. The zero-order chi connectivity index (χ0) is 36.6. The fourth-order valence-electron chi connectivity index (χ4n) is 8.65. The van der Waals surface area contributed by atoms with Crippen LogP contribution in [0.15, 0.2) is 176 Å². The van der Waals surface area contributed by atoms with Gasteiger partial charge in [0, 0.05) is 49.4 Å². The van der Waals surface area contributed by atoms with Gasteiger partial charge in [-0.15, -0.1) is 0 Å². The molecule has 0 fully saturated rings. The Morgan fingerprint density at radius 1 is 0.291 bits per heavy atom. The van der Waals surface area contributed by atoms with Crippen LogP contribution in [0.3, 0.4) is 0 Å². The number of nitrogens with zero attached hydrogens (tertiary/aromatic N) is 5. The van der Waals surface area contributed by atoms with E-state index in [9.17, 15) is 10.5 Å². The predicted octanol–water partition coefficient (Wildman–Crippen LogP) is 12.4. The molecule has 0 aliphatic heterocycles. The molecular formula is C50H29N5. The van der Waals surface area contributed by atoms with E-state index in [4.69, 9.17) is 0 Å². The lowest BCUT2D eigenvalue weighted by atomic mass is 10.0. The van der Waals surface area contributed by atoms with Crippen LogP contribution in [0.5, 0.6) is 0 Å². The molecule has 11 aromatic rings. The van der Waals surface area contributed by atoms with Gasteiger partial charge < -0.3 is 13.7 Å². The molecule has 0 radical (unpaired) electrons. The van der Waals surface area contributed by atoms with Crippen molar-refractivity contribution in [3.63, 3.8) is 0 Å². The van der Waals surface area contributed by atoms with E-state index in [-0.39, 0.29) is 0 Å². The van der Waals surface area contributed by atoms with Crippen molar-refractivity contribution in [2.75, 3.05) is 0 Å². The summed E-state index contributed by atoms with van der Waals surface area (Å²) in [4.78, 5) is 0. The van der Waals surface area contributed by atoms with Gasteiger partial charge >= 0.3 is 0 Å². The van der Waals surface area contributed by atoms with Gasteiger partial charge in [0.2, 0.25) is 0 Å². The molecule has 0 saturated heterocycles. The molecule has 0 atom stereocenters. The van der Waals surface area contributed by atoms with E-state index in [0.717, 1.165) is 82.8 Å². The molecule has 0 aliphatic rings. The first-order valence-corrected chi connectivity index (χ1v) is 18.3. The first kappa shape index (κ1) is 30.7. The molecule has 0 bridgehead atoms. The topological polar surface area (TPSA) is 62.4 Å². The number of fused-ring (bicyclic) bond motifs is 9. The number of benzene rings is 8. The number of aromatic nitrogens is 3. The van der Waals surface area contributed by atoms with Crippen molar-refractivity contribution in [2.45, 2.75) is 0 Å². The van der Waals surface area contributed by atoms with Crippen molar-refractivity contribution in [3.8, 4) is 40.3 Å². The second-order valence-electron chi connectivity index (χ2n) is 14.1. The molecule has 0 unspecified atom stereocenters. The first-order chi connectivity index (χ1) is 27.2. The minimum absolute atomic E-state index is 0.634. The van der Waals surface area contributed by atoms with E-state index in [0.29, 0.717) is 11.1 Å². The molecule has 0 amide bonds. The van der Waals surface area contributed by atoms with E-state index >= 15 is 0 Å². The van der Waals surface area contributed by atoms with Crippen LogP contribution in [-0.4, -0.2) is 13.7 Å². The minimum Gasteiger partial charge on any atom is -0.309 e. The Morgan fingerprint density at radius 3 is 1.24 bits per heavy atom. The Labute approximate surface area is 316 Å². The molecule has 3 heterocycles. The summed E-state index contributed by atoms with van der Waals surface area (Å²) in [6.45, 7) is 0. The summed E-state index contributed by atoms with van der Waals surface area (Å²) in [6, 6.07) is 66.1. The summed E-state index contributed by atoms with van der Waals surface area (Å²) in [7, 11) is 0. The van der Waals surface area contributed by atoms with Gasteiger partial charge in [-0.25, -0.2) is 0 Å². The summed E-state index contributed by atoms with van der Waals surface area (Å²) >= 11 is 0. The number of nitriles is 2. The molecule has 5 nitrogen and oxygen atoms in total. The highest BCUT2D eigenvalue weighted by Gasteiger charge is 2.20. The average molecular weight is 700 g/mol. The van der Waals surface area contributed by atoms with E-state index in [2.05, 4.69) is 171 Å². The van der Waals surface area contributed by atoms with Crippen molar-refractivity contribution in [1.82, 2.24) is 13.7 Å². The fraction of sp³-hybridized carbons (Fsp3) is 0. The first-order valence-electron chi connectivity index (χ1n) is 18.3. The van der Waals surface area contributed by atoms with Gasteiger partial charge in [-0.05, 0) is 108 Å². The predicted molar refractivity (Wildman–Crippen MR) is 224 cm³/mol. The summed E-state index contributed by atoms with van der Waals surface area (Å²) in [5, 5.41) is 26.3. The number of rotatable bonds is 4. The molecule has 0 aliphatic carbocycles. The molecule has 0 saturated carbocycles. The summed E-state index contributed by atoms with van der Waals surface area (Å²) in [5.41, 5.74) is 13.2. The highest BCUT2D eigenvalue weighted by Crippen LogP contribution is 2.41. The van der Waals surface area contributed by atoms with E-state index in [1.807, 2.05) is 30.3 Å². The summed E-state index contributed by atoms with van der Waals surface area (Å²) in [5.74, 6) is 0. The third-order valence-electron chi connectivity index (χ3n) is 11.0. The van der Waals surface area contributed by atoms with Crippen LogP contribution in [0.1, 0.15) is 11.1 Å². The van der Waals surface area contributed by atoms with Crippen molar-refractivity contribution < 1.29 is 0 Å². The molecule has 55 heavy (non-hydrogen) atoms. The highest BCUT2D eigenvalue weighted by molar-refractivity contribution is 6.19. The number of hydrogen-bond donors (Lipinski definition) is 0. The zero-order valence-corrected chi connectivity index (χ0v) is 29.5. The molecule has 8 aromatic carbocycles. The third kappa shape index (κ3) is 4.58. The molecule has 0 spiro atoms. The lowest BCUT2D eigenvalue weighted by Gasteiger charge is -2.13. The Balaban J connectivity index is 1.13. The van der Waals surface area contributed by atoms with Crippen LogP contribution < -0.4 is 0 Å². The maximum Gasteiger partial charge on any atom is 0.0991 e. The van der Waals surface area contributed by atoms with Gasteiger partial charge in [0.05, 0.1) is 56.4 Å². The maximum atomic E-state index is 9.97. The third-order valence-corrected chi connectivity index (χ3v) is 11.0. The number of para-hydroxylation sites is 3. The highest BCUT2D eigenvalue weighted by atomic mass is 15.0. The normalized spacial score (nSPS) is 11.6. The Morgan fingerprint density at radius 2 is 0.691 bits per heavy atom. The van der Waals surface area contributed by atoms with Gasteiger partial charge in [0.15, 0.2) is 0 Å². The second-order valence-corrected chi connectivity index (χ2v) is 14.1. The molecular weight excluding hydrogens is 671 g/mol. The largest absolute Gasteiger partial charge is 0.309 e. The van der Waals surface area contributed by atoms with Gasteiger partial charge in [-0.3, -0.25) is 0 Å².